The minimum Gasteiger partial charge on any atom is -0.354 e. The van der Waals surface area contributed by atoms with E-state index in [0.29, 0.717) is 6.54 Å². The van der Waals surface area contributed by atoms with E-state index in [0.717, 1.165) is 46.0 Å². The van der Waals surface area contributed by atoms with Gasteiger partial charge in [0.15, 0.2) is 0 Å². The zero-order valence-electron chi connectivity index (χ0n) is 25.0. The number of carbonyl (C=O) groups is 2. The van der Waals surface area contributed by atoms with Gasteiger partial charge in [-0.25, -0.2) is 12.8 Å². The first-order valence-electron chi connectivity index (χ1n) is 14.7. The maximum absolute atomic E-state index is 14.4. The van der Waals surface area contributed by atoms with E-state index in [1.165, 1.54) is 29.2 Å². The molecule has 0 aliphatic carbocycles. The van der Waals surface area contributed by atoms with Crippen LogP contribution < -0.4 is 9.62 Å². The molecular weight excluding hydrogens is 577 g/mol. The molecule has 0 unspecified atom stereocenters. The Bertz CT molecular complexity index is 1610. The van der Waals surface area contributed by atoms with Crippen LogP contribution in [0.4, 0.5) is 10.1 Å². The number of aryl methyl sites for hydroxylation is 1. The summed E-state index contributed by atoms with van der Waals surface area (Å²) in [4.78, 5) is 29.5. The molecule has 44 heavy (non-hydrogen) atoms. The molecule has 0 saturated carbocycles. The second kappa shape index (κ2) is 15.3. The highest BCUT2D eigenvalue weighted by Crippen LogP contribution is 2.25. The van der Waals surface area contributed by atoms with Crippen LogP contribution in [0.15, 0.2) is 114 Å². The van der Waals surface area contributed by atoms with Gasteiger partial charge < -0.3 is 10.2 Å². The van der Waals surface area contributed by atoms with Gasteiger partial charge >= 0.3 is 0 Å². The summed E-state index contributed by atoms with van der Waals surface area (Å²) in [5.41, 5.74) is 2.65. The summed E-state index contributed by atoms with van der Waals surface area (Å²) < 4.78 is 42.9. The number of rotatable bonds is 14. The van der Waals surface area contributed by atoms with Gasteiger partial charge in [0.2, 0.25) is 11.8 Å². The third kappa shape index (κ3) is 8.54. The van der Waals surface area contributed by atoms with E-state index < -0.39 is 34.3 Å². The first-order chi connectivity index (χ1) is 21.2. The lowest BCUT2D eigenvalue weighted by Crippen LogP contribution is -2.53. The van der Waals surface area contributed by atoms with E-state index in [1.54, 1.807) is 12.1 Å². The highest BCUT2D eigenvalue weighted by Gasteiger charge is 2.34. The summed E-state index contributed by atoms with van der Waals surface area (Å²) in [6, 6.07) is 29.0. The minimum atomic E-state index is -4.24. The lowest BCUT2D eigenvalue weighted by molar-refractivity contribution is -0.140. The fourth-order valence-corrected chi connectivity index (χ4v) is 6.23. The lowest BCUT2D eigenvalue weighted by Gasteiger charge is -2.34. The fraction of sp³-hybridized carbons (Fsp3) is 0.257. The molecule has 4 aromatic carbocycles. The third-order valence-electron chi connectivity index (χ3n) is 7.30. The van der Waals surface area contributed by atoms with Crippen molar-refractivity contribution in [3.05, 3.63) is 132 Å². The highest BCUT2D eigenvalue weighted by atomic mass is 32.2. The van der Waals surface area contributed by atoms with Crippen molar-refractivity contribution in [2.45, 2.75) is 50.6 Å². The summed E-state index contributed by atoms with van der Waals surface area (Å²) >= 11 is 0. The van der Waals surface area contributed by atoms with Crippen LogP contribution >= 0.6 is 0 Å². The van der Waals surface area contributed by atoms with Crippen LogP contribution in [0.3, 0.4) is 0 Å². The molecule has 2 amide bonds. The Morgan fingerprint density at radius 1 is 0.818 bits per heavy atom. The van der Waals surface area contributed by atoms with Crippen LogP contribution in [-0.4, -0.2) is 44.3 Å². The molecule has 4 rings (SSSR count). The fourth-order valence-electron chi connectivity index (χ4n) is 4.81. The van der Waals surface area contributed by atoms with Crippen molar-refractivity contribution in [1.82, 2.24) is 10.2 Å². The average Bonchev–Trinajstić information content (AvgIpc) is 3.03. The number of nitrogens with zero attached hydrogens (tertiary/aromatic N) is 2. The molecule has 0 bridgehead atoms. The van der Waals surface area contributed by atoms with Crippen molar-refractivity contribution in [2.24, 2.45) is 0 Å². The van der Waals surface area contributed by atoms with Crippen molar-refractivity contribution in [2.75, 3.05) is 17.4 Å². The molecule has 0 radical (unpaired) electrons. The van der Waals surface area contributed by atoms with Crippen LogP contribution in [0.25, 0.3) is 0 Å². The van der Waals surface area contributed by atoms with Crippen LogP contribution in [0.5, 0.6) is 0 Å². The number of carbonyl (C=O) groups excluding carboxylic acids is 2. The molecule has 1 atom stereocenters. The van der Waals surface area contributed by atoms with Crippen molar-refractivity contribution in [3.8, 4) is 0 Å². The molecule has 0 saturated heterocycles. The average molecular weight is 616 g/mol. The Kier molecular flexibility index (Phi) is 11.3. The zero-order chi connectivity index (χ0) is 31.5. The van der Waals surface area contributed by atoms with Gasteiger partial charge in [0.05, 0.1) is 10.6 Å². The summed E-state index contributed by atoms with van der Waals surface area (Å²) in [5.74, 6) is -1.42. The molecule has 1 N–H and O–H groups in total. The van der Waals surface area contributed by atoms with Gasteiger partial charge in [-0.1, -0.05) is 91.7 Å². The van der Waals surface area contributed by atoms with Crippen molar-refractivity contribution >= 4 is 27.5 Å². The number of benzene rings is 4. The van der Waals surface area contributed by atoms with Crippen LogP contribution in [-0.2, 0) is 32.6 Å². The quantitative estimate of drug-likeness (QED) is 0.179. The number of hydrogen-bond donors (Lipinski definition) is 1. The molecule has 0 aliphatic heterocycles. The van der Waals surface area contributed by atoms with E-state index in [1.807, 2.05) is 74.5 Å². The predicted molar refractivity (Wildman–Crippen MR) is 171 cm³/mol. The maximum Gasteiger partial charge on any atom is 0.264 e. The summed E-state index contributed by atoms with van der Waals surface area (Å²) in [6.07, 6.45) is 1.90. The van der Waals surface area contributed by atoms with Gasteiger partial charge in [-0.2, -0.15) is 0 Å². The highest BCUT2D eigenvalue weighted by molar-refractivity contribution is 7.92. The molecule has 7 nitrogen and oxygen atoms in total. The van der Waals surface area contributed by atoms with E-state index in [2.05, 4.69) is 5.32 Å². The van der Waals surface area contributed by atoms with Gasteiger partial charge in [0.1, 0.15) is 18.4 Å². The first-order valence-corrected chi connectivity index (χ1v) is 16.1. The topological polar surface area (TPSA) is 86.8 Å². The number of sulfonamides is 1. The monoisotopic (exact) mass is 615 g/mol. The second-order valence-corrected chi connectivity index (χ2v) is 12.5. The van der Waals surface area contributed by atoms with Gasteiger partial charge in [0, 0.05) is 19.5 Å². The standard InChI is InChI=1S/C35H38FN3O4S/c1-3-4-23-37-35(41)33(24-28-11-7-5-8-12-28)38(25-29-13-9-6-10-14-29)34(40)26-39(31-19-17-30(36)18-20-31)44(42,43)32-21-15-27(2)16-22-32/h5-22,33H,3-4,23-26H2,1-2H3,(H,37,41)/t33-/m1/s1. The van der Waals surface area contributed by atoms with Gasteiger partial charge in [-0.05, 0) is 60.9 Å². The zero-order valence-corrected chi connectivity index (χ0v) is 25.8. The third-order valence-corrected chi connectivity index (χ3v) is 9.09. The molecular formula is C35H38FN3O4S. The second-order valence-electron chi connectivity index (χ2n) is 10.7. The molecule has 230 valence electrons. The smallest absolute Gasteiger partial charge is 0.264 e. The largest absolute Gasteiger partial charge is 0.354 e. The normalized spacial score (nSPS) is 11.9. The molecule has 0 heterocycles. The Hall–Kier alpha value is -4.50. The number of amides is 2. The Labute approximate surface area is 259 Å². The van der Waals surface area contributed by atoms with Crippen LogP contribution in [0.2, 0.25) is 0 Å². The molecule has 4 aromatic rings. The van der Waals surface area contributed by atoms with Crippen molar-refractivity contribution in [1.29, 1.82) is 0 Å². The number of hydrogen-bond acceptors (Lipinski definition) is 4. The Morgan fingerprint density at radius 3 is 2.00 bits per heavy atom. The van der Waals surface area contributed by atoms with E-state index >= 15 is 0 Å². The maximum atomic E-state index is 14.4. The van der Waals surface area contributed by atoms with Gasteiger partial charge in [0.25, 0.3) is 10.0 Å². The number of unbranched alkanes of at least 4 members (excludes halogenated alkanes) is 1. The Balaban J connectivity index is 1.77. The van der Waals surface area contributed by atoms with Gasteiger partial charge in [-0.3, -0.25) is 13.9 Å². The first kappa shape index (κ1) is 32.4. The van der Waals surface area contributed by atoms with E-state index in [-0.39, 0.29) is 29.5 Å². The minimum absolute atomic E-state index is 0.00650. The Morgan fingerprint density at radius 2 is 1.41 bits per heavy atom. The predicted octanol–water partition coefficient (Wildman–Crippen LogP) is 5.89. The van der Waals surface area contributed by atoms with E-state index in [4.69, 9.17) is 0 Å². The lowest BCUT2D eigenvalue weighted by atomic mass is 10.0. The summed E-state index contributed by atoms with van der Waals surface area (Å²) in [7, 11) is -4.24. The number of anilines is 1. The van der Waals surface area contributed by atoms with Crippen LogP contribution in [0.1, 0.15) is 36.5 Å². The molecule has 0 spiro atoms. The molecule has 0 fully saturated rings. The SMILES string of the molecule is CCCCNC(=O)[C@@H](Cc1ccccc1)N(Cc1ccccc1)C(=O)CN(c1ccc(F)cc1)S(=O)(=O)c1ccc(C)cc1. The molecule has 9 heteroatoms. The summed E-state index contributed by atoms with van der Waals surface area (Å²) in [5, 5.41) is 2.97. The van der Waals surface area contributed by atoms with Crippen molar-refractivity contribution in [3.63, 3.8) is 0 Å². The van der Waals surface area contributed by atoms with E-state index in [9.17, 15) is 22.4 Å². The summed E-state index contributed by atoms with van der Waals surface area (Å²) in [6.45, 7) is 3.81. The number of halogens is 1. The molecule has 0 aliphatic rings. The van der Waals surface area contributed by atoms with Gasteiger partial charge in [-0.15, -0.1) is 0 Å². The molecule has 0 aromatic heterocycles. The number of nitrogens with one attached hydrogen (secondary N) is 1. The van der Waals surface area contributed by atoms with Crippen LogP contribution in [0, 0.1) is 12.7 Å². The van der Waals surface area contributed by atoms with Crippen molar-refractivity contribution < 1.29 is 22.4 Å².